The standard InChI is InChI=1S/C14H12FN3O5S2/c1-23-12(19)6-10-13(20)17-14(24-10)18-16-7-8-5-9(15)3-4-11(8)25(2,21)22/h3-7H,1-2H3,(H,17,18,20)/b10-6+,16-7?. The van der Waals surface area contributed by atoms with E-state index in [1.807, 2.05) is 0 Å². The lowest BCUT2D eigenvalue weighted by atomic mass is 10.2. The van der Waals surface area contributed by atoms with Gasteiger partial charge in [0.2, 0.25) is 0 Å². The molecule has 0 aliphatic carbocycles. The zero-order chi connectivity index (χ0) is 18.6. The van der Waals surface area contributed by atoms with Crippen molar-refractivity contribution >= 4 is 44.9 Å². The Hall–Kier alpha value is -2.53. The van der Waals surface area contributed by atoms with Crippen molar-refractivity contribution in [3.63, 3.8) is 0 Å². The topological polar surface area (TPSA) is 114 Å². The Morgan fingerprint density at radius 1 is 1.40 bits per heavy atom. The number of hydrogen-bond donors (Lipinski definition) is 1. The molecule has 0 saturated carbocycles. The third kappa shape index (κ3) is 4.97. The number of methoxy groups -OCH3 is 1. The van der Waals surface area contributed by atoms with E-state index in [1.54, 1.807) is 0 Å². The molecule has 1 fully saturated rings. The Kier molecular flexibility index (Phi) is 5.69. The number of rotatable bonds is 4. The van der Waals surface area contributed by atoms with Crippen LogP contribution in [0.1, 0.15) is 5.56 Å². The van der Waals surface area contributed by atoms with Crippen LogP contribution >= 0.6 is 11.8 Å². The molecule has 0 bridgehead atoms. The normalized spacial score (nSPS) is 18.1. The Bertz CT molecular complexity index is 922. The number of amidine groups is 1. The lowest BCUT2D eigenvalue weighted by Gasteiger charge is -2.02. The number of amides is 1. The summed E-state index contributed by atoms with van der Waals surface area (Å²) < 4.78 is 41.1. The predicted molar refractivity (Wildman–Crippen MR) is 90.4 cm³/mol. The predicted octanol–water partition coefficient (Wildman–Crippen LogP) is 0.839. The molecule has 1 aromatic rings. The molecule has 1 heterocycles. The van der Waals surface area contributed by atoms with Crippen LogP contribution in [0.2, 0.25) is 0 Å². The van der Waals surface area contributed by atoms with Gasteiger partial charge in [-0.25, -0.2) is 17.6 Å². The van der Waals surface area contributed by atoms with Gasteiger partial charge in [-0.15, -0.1) is 5.10 Å². The van der Waals surface area contributed by atoms with Crippen molar-refractivity contribution in [3.05, 3.63) is 40.6 Å². The van der Waals surface area contributed by atoms with Gasteiger partial charge >= 0.3 is 5.97 Å². The quantitative estimate of drug-likeness (QED) is 0.270. The van der Waals surface area contributed by atoms with Crippen LogP contribution < -0.4 is 5.32 Å². The van der Waals surface area contributed by atoms with E-state index >= 15 is 0 Å². The Labute approximate surface area is 146 Å². The fourth-order valence-electron chi connectivity index (χ4n) is 1.74. The fourth-order valence-corrected chi connectivity index (χ4v) is 3.34. The molecule has 1 saturated heterocycles. The number of ether oxygens (including phenoxy) is 1. The van der Waals surface area contributed by atoms with E-state index in [1.165, 1.54) is 7.11 Å². The summed E-state index contributed by atoms with van der Waals surface area (Å²) >= 11 is 0.854. The zero-order valence-corrected chi connectivity index (χ0v) is 14.6. The minimum Gasteiger partial charge on any atom is -0.466 e. The van der Waals surface area contributed by atoms with Gasteiger partial charge in [0.1, 0.15) is 5.82 Å². The first-order valence-electron chi connectivity index (χ1n) is 6.60. The van der Waals surface area contributed by atoms with Crippen molar-refractivity contribution in [1.82, 2.24) is 5.32 Å². The maximum atomic E-state index is 13.3. The summed E-state index contributed by atoms with van der Waals surface area (Å²) in [5, 5.41) is 9.82. The third-order valence-corrected chi connectivity index (χ3v) is 4.89. The second-order valence-electron chi connectivity index (χ2n) is 4.69. The largest absolute Gasteiger partial charge is 0.466 e. The van der Waals surface area contributed by atoms with Crippen LogP contribution in [0.5, 0.6) is 0 Å². The lowest BCUT2D eigenvalue weighted by Crippen LogP contribution is -2.19. The van der Waals surface area contributed by atoms with Crippen molar-refractivity contribution in [2.45, 2.75) is 4.90 Å². The highest BCUT2D eigenvalue weighted by molar-refractivity contribution is 8.18. The molecule has 1 aromatic carbocycles. The van der Waals surface area contributed by atoms with E-state index in [4.69, 9.17) is 0 Å². The van der Waals surface area contributed by atoms with Gasteiger partial charge in [-0.05, 0) is 30.0 Å². The second-order valence-corrected chi connectivity index (χ2v) is 7.71. The number of thioether (sulfide) groups is 1. The van der Waals surface area contributed by atoms with Crippen molar-refractivity contribution in [3.8, 4) is 0 Å². The number of benzene rings is 1. The Morgan fingerprint density at radius 2 is 2.12 bits per heavy atom. The maximum absolute atomic E-state index is 13.3. The van der Waals surface area contributed by atoms with Gasteiger partial charge in [0, 0.05) is 17.9 Å². The van der Waals surface area contributed by atoms with Gasteiger partial charge in [0.15, 0.2) is 15.0 Å². The van der Waals surface area contributed by atoms with E-state index in [9.17, 15) is 22.4 Å². The smallest absolute Gasteiger partial charge is 0.331 e. The summed E-state index contributed by atoms with van der Waals surface area (Å²) in [6, 6.07) is 3.15. The molecule has 0 spiro atoms. The van der Waals surface area contributed by atoms with E-state index in [0.29, 0.717) is 0 Å². The van der Waals surface area contributed by atoms with Crippen molar-refractivity contribution in [1.29, 1.82) is 0 Å². The molecule has 2 rings (SSSR count). The molecule has 25 heavy (non-hydrogen) atoms. The lowest BCUT2D eigenvalue weighted by molar-refractivity contribution is -0.135. The van der Waals surface area contributed by atoms with Crippen LogP contribution in [0.3, 0.4) is 0 Å². The fraction of sp³-hybridized carbons (Fsp3) is 0.143. The van der Waals surface area contributed by atoms with Gasteiger partial charge in [0.05, 0.1) is 23.1 Å². The average Bonchev–Trinajstić information content (AvgIpc) is 2.86. The van der Waals surface area contributed by atoms with E-state index in [-0.39, 0.29) is 20.5 Å². The number of sulfone groups is 1. The second kappa shape index (κ2) is 7.57. The number of carbonyl (C=O) groups excluding carboxylic acids is 2. The molecule has 1 amide bonds. The van der Waals surface area contributed by atoms with Crippen LogP contribution in [0.25, 0.3) is 0 Å². The van der Waals surface area contributed by atoms with Crippen molar-refractivity contribution in [2.75, 3.05) is 13.4 Å². The summed E-state index contributed by atoms with van der Waals surface area (Å²) in [7, 11) is -2.40. The highest BCUT2D eigenvalue weighted by Crippen LogP contribution is 2.23. The minimum absolute atomic E-state index is 0.0199. The third-order valence-electron chi connectivity index (χ3n) is 2.82. The molecule has 0 unspecified atom stereocenters. The minimum atomic E-state index is -3.58. The summed E-state index contributed by atoms with van der Waals surface area (Å²) in [6.45, 7) is 0. The van der Waals surface area contributed by atoms with E-state index in [2.05, 4.69) is 20.3 Å². The highest BCUT2D eigenvalue weighted by atomic mass is 32.2. The molecule has 8 nitrogen and oxygen atoms in total. The van der Waals surface area contributed by atoms with Gasteiger partial charge in [0.25, 0.3) is 5.91 Å². The average molecular weight is 385 g/mol. The first-order valence-corrected chi connectivity index (χ1v) is 9.31. The zero-order valence-electron chi connectivity index (χ0n) is 13.0. The van der Waals surface area contributed by atoms with Crippen LogP contribution in [-0.2, 0) is 24.2 Å². The van der Waals surface area contributed by atoms with Gasteiger partial charge in [-0.1, -0.05) is 0 Å². The Balaban J connectivity index is 2.23. The number of nitrogens with zero attached hydrogens (tertiary/aromatic N) is 2. The molecular formula is C14H12FN3O5S2. The molecule has 1 aliphatic heterocycles. The van der Waals surface area contributed by atoms with Crippen LogP contribution in [-0.4, -0.2) is 45.0 Å². The number of nitrogens with one attached hydrogen (secondary N) is 1. The maximum Gasteiger partial charge on any atom is 0.331 e. The monoisotopic (exact) mass is 385 g/mol. The SMILES string of the molecule is COC(=O)/C=C1/S/C(=N\N=Cc2cc(F)ccc2S(C)(=O)=O)NC1=O. The number of hydrogen-bond acceptors (Lipinski definition) is 8. The molecule has 0 aromatic heterocycles. The molecule has 1 N–H and O–H groups in total. The van der Waals surface area contributed by atoms with Crippen molar-refractivity contribution < 1.29 is 27.1 Å². The summed E-state index contributed by atoms with van der Waals surface area (Å²) in [6.07, 6.45) is 3.04. The summed E-state index contributed by atoms with van der Waals surface area (Å²) in [5.74, 6) is -1.87. The molecule has 132 valence electrons. The molecular weight excluding hydrogens is 373 g/mol. The highest BCUT2D eigenvalue weighted by Gasteiger charge is 2.25. The molecule has 0 radical (unpaired) electrons. The van der Waals surface area contributed by atoms with Crippen molar-refractivity contribution in [2.24, 2.45) is 10.2 Å². The first-order chi connectivity index (χ1) is 11.7. The van der Waals surface area contributed by atoms with E-state index < -0.39 is 27.5 Å². The number of halogens is 1. The number of esters is 1. The molecule has 11 heteroatoms. The molecule has 0 atom stereocenters. The van der Waals surface area contributed by atoms with Crippen LogP contribution in [0.4, 0.5) is 4.39 Å². The molecule has 1 aliphatic rings. The van der Waals surface area contributed by atoms with Crippen LogP contribution in [0, 0.1) is 5.82 Å². The summed E-state index contributed by atoms with van der Waals surface area (Å²) in [4.78, 5) is 22.7. The summed E-state index contributed by atoms with van der Waals surface area (Å²) in [5.41, 5.74) is 0.0199. The van der Waals surface area contributed by atoms with E-state index in [0.717, 1.165) is 48.5 Å². The van der Waals surface area contributed by atoms with Gasteiger partial charge in [-0.2, -0.15) is 5.10 Å². The van der Waals surface area contributed by atoms with Gasteiger partial charge in [-0.3, -0.25) is 10.1 Å². The van der Waals surface area contributed by atoms with Crippen LogP contribution in [0.15, 0.2) is 44.3 Å². The first kappa shape index (κ1) is 18.8. The Morgan fingerprint density at radius 3 is 2.76 bits per heavy atom. The van der Waals surface area contributed by atoms with Gasteiger partial charge < -0.3 is 4.74 Å². The number of carbonyl (C=O) groups is 2.